The third-order valence-electron chi connectivity index (χ3n) is 6.27. The summed E-state index contributed by atoms with van der Waals surface area (Å²) in [7, 11) is 1.52. The lowest BCUT2D eigenvalue weighted by atomic mass is 9.76. The van der Waals surface area contributed by atoms with Crippen LogP contribution in [0.15, 0.2) is 36.5 Å². The molecule has 1 fully saturated rings. The van der Waals surface area contributed by atoms with E-state index in [2.05, 4.69) is 22.5 Å². The van der Waals surface area contributed by atoms with Gasteiger partial charge in [-0.05, 0) is 72.6 Å². The number of pyridine rings is 1. The number of esters is 1. The minimum atomic E-state index is -0.181. The van der Waals surface area contributed by atoms with E-state index in [9.17, 15) is 4.79 Å². The van der Waals surface area contributed by atoms with Gasteiger partial charge in [0.1, 0.15) is 12.2 Å². The second-order valence-corrected chi connectivity index (χ2v) is 9.48. The molecule has 33 heavy (non-hydrogen) atoms. The Labute approximate surface area is 204 Å². The first-order chi connectivity index (χ1) is 16.1. The van der Waals surface area contributed by atoms with Crippen molar-refractivity contribution >= 4 is 41.4 Å². The van der Waals surface area contributed by atoms with E-state index >= 15 is 0 Å². The Hall–Kier alpha value is -1.90. The number of halogens is 1. The van der Waals surface area contributed by atoms with Crippen molar-refractivity contribution in [2.45, 2.75) is 38.5 Å². The number of ether oxygens (including phenoxy) is 1. The third kappa shape index (κ3) is 5.78. The Morgan fingerprint density at radius 1 is 1.27 bits per heavy atom. The Morgan fingerprint density at radius 3 is 2.85 bits per heavy atom. The van der Waals surface area contributed by atoms with Gasteiger partial charge in [-0.3, -0.25) is 9.78 Å². The number of aromatic nitrogens is 1. The van der Waals surface area contributed by atoms with Crippen LogP contribution in [0.4, 0.5) is 0 Å². The highest BCUT2D eigenvalue weighted by atomic mass is 35.5. The first-order valence-corrected chi connectivity index (χ1v) is 12.4. The SMILES string of the molecule is CCOC(=O)CCC1=Cc2cc(Cl)ccc2C(C2CCN(SOOC)CC2)c2ncccc21. The minimum Gasteiger partial charge on any atom is -0.466 e. The number of carbonyl (C=O) groups is 1. The average molecular weight is 489 g/mol. The van der Waals surface area contributed by atoms with E-state index in [4.69, 9.17) is 30.5 Å². The van der Waals surface area contributed by atoms with Gasteiger partial charge in [0, 0.05) is 36.6 Å². The van der Waals surface area contributed by atoms with Gasteiger partial charge in [-0.2, -0.15) is 0 Å². The molecule has 0 saturated carbocycles. The topological polar surface area (TPSA) is 60.9 Å². The molecule has 1 saturated heterocycles. The third-order valence-corrected chi connectivity index (χ3v) is 7.28. The van der Waals surface area contributed by atoms with Crippen molar-refractivity contribution in [3.05, 3.63) is 63.9 Å². The standard InChI is InChI=1S/C25H29ClN2O4S/c1-3-31-23(29)9-6-18-15-19-16-20(26)7-8-21(19)24(25-22(18)5-4-12-27-25)17-10-13-28(14-11-17)33-32-30-2/h4-5,7-8,12,15-17,24H,3,6,9-11,13-14H2,1-2H3. The second-order valence-electron chi connectivity index (χ2n) is 8.24. The van der Waals surface area contributed by atoms with E-state index in [1.54, 1.807) is 0 Å². The molecule has 1 atom stereocenters. The molecular formula is C25H29ClN2O4S. The van der Waals surface area contributed by atoms with Crippen LogP contribution in [-0.4, -0.2) is 42.1 Å². The zero-order chi connectivity index (χ0) is 23.2. The molecule has 176 valence electrons. The maximum absolute atomic E-state index is 12.1. The number of fused-ring (bicyclic) bond motifs is 2. The van der Waals surface area contributed by atoms with Crippen molar-refractivity contribution in [1.29, 1.82) is 0 Å². The normalized spacial score (nSPS) is 18.8. The van der Waals surface area contributed by atoms with Crippen LogP contribution < -0.4 is 0 Å². The Morgan fingerprint density at radius 2 is 2.09 bits per heavy atom. The lowest BCUT2D eigenvalue weighted by Crippen LogP contribution is -2.32. The van der Waals surface area contributed by atoms with Gasteiger partial charge in [0.25, 0.3) is 0 Å². The lowest BCUT2D eigenvalue weighted by Gasteiger charge is -2.35. The number of nitrogens with zero attached hydrogens (tertiary/aromatic N) is 2. The number of hydrogen-bond donors (Lipinski definition) is 0. The second kappa shape index (κ2) is 11.5. The molecule has 0 N–H and O–H groups in total. The number of piperidine rings is 1. The van der Waals surface area contributed by atoms with Crippen LogP contribution in [0.1, 0.15) is 60.9 Å². The van der Waals surface area contributed by atoms with E-state index in [0.717, 1.165) is 48.3 Å². The smallest absolute Gasteiger partial charge is 0.306 e. The molecule has 1 aliphatic carbocycles. The Kier molecular flexibility index (Phi) is 8.44. The number of allylic oxidation sites excluding steroid dienone is 1. The van der Waals surface area contributed by atoms with Gasteiger partial charge in [-0.25, -0.2) is 9.19 Å². The maximum Gasteiger partial charge on any atom is 0.306 e. The summed E-state index contributed by atoms with van der Waals surface area (Å²) >= 11 is 7.67. The molecular weight excluding hydrogens is 460 g/mol. The summed E-state index contributed by atoms with van der Waals surface area (Å²) in [5.74, 6) is 0.398. The van der Waals surface area contributed by atoms with Crippen LogP contribution in [0, 0.1) is 5.92 Å². The Balaban J connectivity index is 1.68. The molecule has 0 spiro atoms. The molecule has 1 aromatic heterocycles. The van der Waals surface area contributed by atoms with E-state index in [-0.39, 0.29) is 11.9 Å². The van der Waals surface area contributed by atoms with E-state index in [1.807, 2.05) is 31.3 Å². The van der Waals surface area contributed by atoms with Gasteiger partial charge in [0.2, 0.25) is 0 Å². The highest BCUT2D eigenvalue weighted by Crippen LogP contribution is 2.45. The highest BCUT2D eigenvalue weighted by Gasteiger charge is 2.34. The molecule has 4 rings (SSSR count). The van der Waals surface area contributed by atoms with Crippen LogP contribution in [-0.2, 0) is 18.8 Å². The first-order valence-electron chi connectivity index (χ1n) is 11.3. The van der Waals surface area contributed by atoms with Crippen molar-refractivity contribution in [2.75, 3.05) is 26.8 Å². The monoisotopic (exact) mass is 488 g/mol. The molecule has 1 unspecified atom stereocenters. The summed E-state index contributed by atoms with van der Waals surface area (Å²) in [6, 6.07) is 10.2. The summed E-state index contributed by atoms with van der Waals surface area (Å²) in [4.78, 5) is 21.7. The summed E-state index contributed by atoms with van der Waals surface area (Å²) in [5.41, 5.74) is 5.62. The fourth-order valence-corrected chi connectivity index (χ4v) is 5.50. The summed E-state index contributed by atoms with van der Waals surface area (Å²) in [6.07, 6.45) is 7.01. The quantitative estimate of drug-likeness (QED) is 0.150. The molecule has 0 radical (unpaired) electrons. The zero-order valence-corrected chi connectivity index (χ0v) is 20.5. The van der Waals surface area contributed by atoms with Gasteiger partial charge < -0.3 is 4.74 Å². The number of rotatable bonds is 8. The Bertz CT molecular complexity index is 1010. The van der Waals surface area contributed by atoms with Crippen LogP contribution in [0.3, 0.4) is 0 Å². The van der Waals surface area contributed by atoms with Crippen molar-refractivity contribution in [3.63, 3.8) is 0 Å². The largest absolute Gasteiger partial charge is 0.466 e. The summed E-state index contributed by atoms with van der Waals surface area (Å²) in [5, 5.41) is 0.704. The van der Waals surface area contributed by atoms with Gasteiger partial charge >= 0.3 is 5.97 Å². The van der Waals surface area contributed by atoms with Crippen LogP contribution >= 0.6 is 23.8 Å². The molecule has 2 heterocycles. The maximum atomic E-state index is 12.1. The number of carbonyl (C=O) groups excluding carboxylic acids is 1. The van der Waals surface area contributed by atoms with Crippen molar-refractivity contribution in [1.82, 2.24) is 9.29 Å². The summed E-state index contributed by atoms with van der Waals surface area (Å²) < 4.78 is 12.4. The molecule has 0 amide bonds. The minimum absolute atomic E-state index is 0.153. The van der Waals surface area contributed by atoms with Crippen LogP contribution in [0.25, 0.3) is 11.6 Å². The van der Waals surface area contributed by atoms with E-state index < -0.39 is 0 Å². The van der Waals surface area contributed by atoms with Crippen molar-refractivity contribution in [3.8, 4) is 0 Å². The number of benzene rings is 1. The first kappa shape index (κ1) is 24.2. The van der Waals surface area contributed by atoms with Gasteiger partial charge in [0.05, 0.1) is 19.4 Å². The lowest BCUT2D eigenvalue weighted by molar-refractivity contribution is -0.163. The van der Waals surface area contributed by atoms with Crippen molar-refractivity contribution in [2.24, 2.45) is 5.92 Å². The van der Waals surface area contributed by atoms with Crippen molar-refractivity contribution < 1.29 is 18.8 Å². The predicted octanol–water partition coefficient (Wildman–Crippen LogP) is 5.92. The van der Waals surface area contributed by atoms with Crippen LogP contribution in [0.2, 0.25) is 5.02 Å². The molecule has 6 nitrogen and oxygen atoms in total. The van der Waals surface area contributed by atoms with Crippen LogP contribution in [0.5, 0.6) is 0 Å². The highest BCUT2D eigenvalue weighted by molar-refractivity contribution is 7.92. The molecule has 1 aliphatic heterocycles. The molecule has 0 bridgehead atoms. The van der Waals surface area contributed by atoms with Gasteiger partial charge in [-0.15, -0.1) is 4.33 Å². The fraction of sp³-hybridized carbons (Fsp3) is 0.440. The predicted molar refractivity (Wildman–Crippen MR) is 131 cm³/mol. The average Bonchev–Trinajstić information content (AvgIpc) is 2.96. The van der Waals surface area contributed by atoms with E-state index in [1.165, 1.54) is 24.9 Å². The fourth-order valence-electron chi connectivity index (χ4n) is 4.81. The molecule has 2 aliphatic rings. The van der Waals surface area contributed by atoms with Gasteiger partial charge in [0.15, 0.2) is 0 Å². The summed E-state index contributed by atoms with van der Waals surface area (Å²) in [6.45, 7) is 4.03. The van der Waals surface area contributed by atoms with E-state index in [0.29, 0.717) is 30.4 Å². The molecule has 8 heteroatoms. The van der Waals surface area contributed by atoms with Gasteiger partial charge in [-0.1, -0.05) is 29.8 Å². The molecule has 1 aromatic carbocycles. The number of hydrogen-bond acceptors (Lipinski definition) is 7. The zero-order valence-electron chi connectivity index (χ0n) is 19.0. The molecule has 2 aromatic rings.